The van der Waals surface area contributed by atoms with Crippen molar-refractivity contribution < 1.29 is 26.3 Å². The van der Waals surface area contributed by atoms with Crippen molar-refractivity contribution in [3.8, 4) is 5.75 Å². The molecule has 6 nitrogen and oxygen atoms in total. The Balaban J connectivity index is 2.95. The summed E-state index contributed by atoms with van der Waals surface area (Å²) in [4.78, 5) is 10.6. The highest BCUT2D eigenvalue weighted by Crippen LogP contribution is 2.21. The molecule has 0 bridgehead atoms. The van der Waals surface area contributed by atoms with Gasteiger partial charge in [0.1, 0.15) is 11.6 Å². The second-order valence-corrected chi connectivity index (χ2v) is 3.86. The van der Waals surface area contributed by atoms with Crippen LogP contribution in [0.1, 0.15) is 6.92 Å². The van der Waals surface area contributed by atoms with Crippen molar-refractivity contribution in [1.82, 2.24) is 0 Å². The molecule has 0 aliphatic heterocycles. The molecule has 0 heterocycles. The highest BCUT2D eigenvalue weighted by Gasteiger charge is 2.10. The summed E-state index contributed by atoms with van der Waals surface area (Å²) in [5.41, 5.74) is -0.116. The second-order valence-electron chi connectivity index (χ2n) is 2.83. The number of hydrogen-bond donors (Lipinski definition) is 2. The van der Waals surface area contributed by atoms with Crippen molar-refractivity contribution in [2.24, 2.45) is 0 Å². The molecule has 2 N–H and O–H groups in total. The molecule has 1 rings (SSSR count). The first-order chi connectivity index (χ1) is 7.28. The molecule has 0 saturated carbocycles. The minimum Gasteiger partial charge on any atom is -0.362 e. The van der Waals surface area contributed by atoms with Gasteiger partial charge < -0.3 is 9.50 Å². The summed E-state index contributed by atoms with van der Waals surface area (Å²) in [7, 11) is -4.68. The Labute approximate surface area is 91.0 Å². The first-order valence-electron chi connectivity index (χ1n) is 4.02. The summed E-state index contributed by atoms with van der Waals surface area (Å²) >= 11 is 0. The van der Waals surface area contributed by atoms with Crippen LogP contribution in [0.4, 0.5) is 10.1 Å². The molecule has 1 amide bonds. The van der Waals surface area contributed by atoms with Gasteiger partial charge in [-0.05, 0) is 12.1 Å². The van der Waals surface area contributed by atoms with Crippen LogP contribution in [0.15, 0.2) is 18.2 Å². The molecular weight excluding hydrogens is 241 g/mol. The fraction of sp³-hybridized carbons (Fsp3) is 0.125. The van der Waals surface area contributed by atoms with Gasteiger partial charge in [-0.25, -0.2) is 4.39 Å². The van der Waals surface area contributed by atoms with Gasteiger partial charge in [-0.3, -0.25) is 9.35 Å². The molecule has 0 saturated heterocycles. The van der Waals surface area contributed by atoms with Crippen LogP contribution in [0.5, 0.6) is 5.75 Å². The molecule has 0 aliphatic rings. The van der Waals surface area contributed by atoms with Gasteiger partial charge in [-0.2, -0.15) is 8.42 Å². The van der Waals surface area contributed by atoms with Crippen molar-refractivity contribution in [2.45, 2.75) is 6.92 Å². The van der Waals surface area contributed by atoms with E-state index in [2.05, 4.69) is 9.50 Å². The van der Waals surface area contributed by atoms with Gasteiger partial charge in [0.05, 0.1) is 5.69 Å². The number of anilines is 1. The Kier molecular flexibility index (Phi) is 3.45. The van der Waals surface area contributed by atoms with E-state index in [0.717, 1.165) is 18.2 Å². The van der Waals surface area contributed by atoms with Gasteiger partial charge >= 0.3 is 10.4 Å². The van der Waals surface area contributed by atoms with Crippen LogP contribution in [0.2, 0.25) is 0 Å². The van der Waals surface area contributed by atoms with Crippen LogP contribution >= 0.6 is 0 Å². The highest BCUT2D eigenvalue weighted by atomic mass is 32.3. The van der Waals surface area contributed by atoms with Gasteiger partial charge in [0.15, 0.2) is 0 Å². The molecule has 0 aromatic heterocycles. The lowest BCUT2D eigenvalue weighted by Crippen LogP contribution is -2.09. The molecule has 1 aromatic rings. The van der Waals surface area contributed by atoms with Crippen molar-refractivity contribution in [3.05, 3.63) is 24.0 Å². The van der Waals surface area contributed by atoms with Crippen LogP contribution in [0.3, 0.4) is 0 Å². The summed E-state index contributed by atoms with van der Waals surface area (Å²) in [6.07, 6.45) is 0. The molecule has 0 radical (unpaired) electrons. The fourth-order valence-corrected chi connectivity index (χ4v) is 1.31. The number of halogens is 1. The van der Waals surface area contributed by atoms with Gasteiger partial charge in [-0.15, -0.1) is 0 Å². The molecule has 88 valence electrons. The third-order valence-electron chi connectivity index (χ3n) is 1.45. The summed E-state index contributed by atoms with van der Waals surface area (Å²) in [5.74, 6) is -1.74. The topological polar surface area (TPSA) is 92.7 Å². The summed E-state index contributed by atoms with van der Waals surface area (Å²) in [6, 6.07) is 2.92. The minimum atomic E-state index is -4.68. The molecule has 16 heavy (non-hydrogen) atoms. The minimum absolute atomic E-state index is 0.116. The number of carbonyl (C=O) groups is 1. The van der Waals surface area contributed by atoms with Gasteiger partial charge in [0, 0.05) is 13.0 Å². The Morgan fingerprint density at radius 2 is 2.12 bits per heavy atom. The third kappa shape index (κ3) is 3.83. The number of hydrogen-bond acceptors (Lipinski definition) is 4. The van der Waals surface area contributed by atoms with E-state index in [4.69, 9.17) is 4.55 Å². The maximum atomic E-state index is 13.2. The van der Waals surface area contributed by atoms with Gasteiger partial charge in [0.2, 0.25) is 5.91 Å². The van der Waals surface area contributed by atoms with E-state index in [0.29, 0.717) is 0 Å². The monoisotopic (exact) mass is 249 g/mol. The quantitative estimate of drug-likeness (QED) is 0.778. The van der Waals surface area contributed by atoms with Gasteiger partial charge in [-0.1, -0.05) is 0 Å². The standard InChI is InChI=1S/C8H8FNO5S/c1-5(11)10-8-3-2-6(4-7(8)9)15-16(12,13)14/h2-4H,1H3,(H,10,11)(H,12,13,14). The molecule has 0 atom stereocenters. The van der Waals surface area contributed by atoms with E-state index in [1.54, 1.807) is 0 Å². The van der Waals surface area contributed by atoms with E-state index < -0.39 is 27.9 Å². The molecule has 1 aromatic carbocycles. The number of nitrogens with one attached hydrogen (secondary N) is 1. The molecule has 0 unspecified atom stereocenters. The zero-order valence-electron chi connectivity index (χ0n) is 8.10. The van der Waals surface area contributed by atoms with E-state index in [9.17, 15) is 17.6 Å². The molecule has 8 heteroatoms. The average molecular weight is 249 g/mol. The lowest BCUT2D eigenvalue weighted by Gasteiger charge is -2.05. The van der Waals surface area contributed by atoms with E-state index in [1.165, 1.54) is 6.92 Å². The lowest BCUT2D eigenvalue weighted by molar-refractivity contribution is -0.114. The third-order valence-corrected chi connectivity index (χ3v) is 1.86. The largest absolute Gasteiger partial charge is 0.446 e. The normalized spacial score (nSPS) is 10.9. The van der Waals surface area contributed by atoms with Crippen molar-refractivity contribution in [1.29, 1.82) is 0 Å². The Bertz CT molecular complexity index is 513. The fourth-order valence-electron chi connectivity index (χ4n) is 0.960. The van der Waals surface area contributed by atoms with Crippen LogP contribution in [0.25, 0.3) is 0 Å². The Morgan fingerprint density at radius 3 is 2.56 bits per heavy atom. The van der Waals surface area contributed by atoms with Crippen LogP contribution in [0, 0.1) is 5.82 Å². The summed E-state index contributed by atoms with van der Waals surface area (Å²) < 4.78 is 46.2. The number of carbonyl (C=O) groups excluding carboxylic acids is 1. The first kappa shape index (κ1) is 12.4. The predicted molar refractivity (Wildman–Crippen MR) is 52.9 cm³/mol. The number of rotatable bonds is 3. The van der Waals surface area contributed by atoms with E-state index >= 15 is 0 Å². The molecule has 0 aliphatic carbocycles. The zero-order valence-corrected chi connectivity index (χ0v) is 8.91. The SMILES string of the molecule is CC(=O)Nc1ccc(OS(=O)(=O)O)cc1F. The Hall–Kier alpha value is -1.67. The summed E-state index contributed by atoms with van der Waals surface area (Å²) in [6.45, 7) is 1.20. The number of amides is 1. The molecule has 0 fully saturated rings. The molecular formula is C8H8FNO5S. The van der Waals surface area contributed by atoms with E-state index in [1.807, 2.05) is 0 Å². The molecule has 0 spiro atoms. The average Bonchev–Trinajstić information content (AvgIpc) is 2.06. The summed E-state index contributed by atoms with van der Waals surface area (Å²) in [5, 5.41) is 2.18. The van der Waals surface area contributed by atoms with Crippen LogP contribution in [-0.2, 0) is 15.2 Å². The predicted octanol–water partition coefficient (Wildman–Crippen LogP) is 0.966. The maximum absolute atomic E-state index is 13.2. The van der Waals surface area contributed by atoms with Crippen molar-refractivity contribution in [3.63, 3.8) is 0 Å². The van der Waals surface area contributed by atoms with Crippen LogP contribution < -0.4 is 9.50 Å². The van der Waals surface area contributed by atoms with E-state index in [-0.39, 0.29) is 5.69 Å². The highest BCUT2D eigenvalue weighted by molar-refractivity contribution is 7.81. The number of benzene rings is 1. The van der Waals surface area contributed by atoms with Gasteiger partial charge in [0.25, 0.3) is 0 Å². The van der Waals surface area contributed by atoms with Crippen molar-refractivity contribution >= 4 is 22.0 Å². The first-order valence-corrected chi connectivity index (χ1v) is 5.38. The Morgan fingerprint density at radius 1 is 1.50 bits per heavy atom. The van der Waals surface area contributed by atoms with Crippen LogP contribution in [-0.4, -0.2) is 18.9 Å². The maximum Gasteiger partial charge on any atom is 0.446 e. The smallest absolute Gasteiger partial charge is 0.362 e. The second kappa shape index (κ2) is 4.45. The lowest BCUT2D eigenvalue weighted by atomic mass is 10.3. The zero-order chi connectivity index (χ0) is 12.3. The van der Waals surface area contributed by atoms with Crippen molar-refractivity contribution in [2.75, 3.05) is 5.32 Å².